The molecule has 0 spiro atoms. The van der Waals surface area contributed by atoms with E-state index >= 15 is 0 Å². The van der Waals surface area contributed by atoms with E-state index in [9.17, 15) is 4.79 Å². The van der Waals surface area contributed by atoms with Crippen molar-refractivity contribution in [3.8, 4) is 0 Å². The highest BCUT2D eigenvalue weighted by Crippen LogP contribution is 1.94. The van der Waals surface area contributed by atoms with Crippen LogP contribution in [0.15, 0.2) is 11.9 Å². The molecule has 0 saturated carbocycles. The first-order chi connectivity index (χ1) is 6.79. The van der Waals surface area contributed by atoms with E-state index in [1.54, 1.807) is 25.3 Å². The summed E-state index contributed by atoms with van der Waals surface area (Å²) >= 11 is 0. The van der Waals surface area contributed by atoms with Crippen molar-refractivity contribution in [2.75, 3.05) is 33.9 Å². The van der Waals surface area contributed by atoms with E-state index in [1.165, 1.54) is 0 Å². The average molecular weight is 202 g/mol. The van der Waals surface area contributed by atoms with E-state index < -0.39 is 0 Å². The fraction of sp³-hybridized carbons (Fsp3) is 0.625. The van der Waals surface area contributed by atoms with Gasteiger partial charge in [0.05, 0.1) is 19.8 Å². The van der Waals surface area contributed by atoms with Crippen LogP contribution in [0.1, 0.15) is 0 Å². The van der Waals surface area contributed by atoms with Crippen molar-refractivity contribution in [3.63, 3.8) is 0 Å². The second-order valence-corrected chi connectivity index (χ2v) is 2.52. The first-order valence-electron chi connectivity index (χ1n) is 4.39. The van der Waals surface area contributed by atoms with Crippen LogP contribution in [0, 0.1) is 0 Å². The monoisotopic (exact) mass is 202 g/mol. The van der Waals surface area contributed by atoms with Gasteiger partial charge in [0.2, 0.25) is 0 Å². The van der Waals surface area contributed by atoms with E-state index in [-0.39, 0.29) is 6.61 Å². The lowest BCUT2D eigenvalue weighted by Gasteiger charge is -2.21. The maximum Gasteiger partial charge on any atom is 0.168 e. The van der Waals surface area contributed by atoms with Crippen molar-refractivity contribution < 1.29 is 9.90 Å². The zero-order chi connectivity index (χ0) is 10.8. The Labute approximate surface area is 83.9 Å². The molecular weight excluding hydrogens is 184 g/mol. The number of hydrogen-bond donors (Lipinski definition) is 4. The molecular formula is C8H18N4O2. The number of carbonyl (C=O) groups excluding carboxylic acids is 1. The Morgan fingerprint density at radius 2 is 2.21 bits per heavy atom. The number of hydrazine groups is 1. The van der Waals surface area contributed by atoms with Gasteiger partial charge in [-0.1, -0.05) is 0 Å². The van der Waals surface area contributed by atoms with Gasteiger partial charge in [-0.25, -0.2) is 5.43 Å². The third-order valence-electron chi connectivity index (χ3n) is 1.55. The highest BCUT2D eigenvalue weighted by molar-refractivity contribution is 5.71. The molecule has 14 heavy (non-hydrogen) atoms. The summed E-state index contributed by atoms with van der Waals surface area (Å²) in [5.41, 5.74) is 3.24. The van der Waals surface area contributed by atoms with Gasteiger partial charge >= 0.3 is 0 Å². The van der Waals surface area contributed by atoms with Gasteiger partial charge in [0.25, 0.3) is 0 Å². The number of carbonyl (C=O) groups is 1. The molecule has 0 unspecified atom stereocenters. The van der Waals surface area contributed by atoms with Gasteiger partial charge in [0, 0.05) is 13.2 Å². The summed E-state index contributed by atoms with van der Waals surface area (Å²) in [5.74, 6) is 0. The summed E-state index contributed by atoms with van der Waals surface area (Å²) in [7, 11) is 3.48. The van der Waals surface area contributed by atoms with Crippen LogP contribution in [-0.4, -0.2) is 50.3 Å². The lowest BCUT2D eigenvalue weighted by molar-refractivity contribution is -0.106. The highest BCUT2D eigenvalue weighted by atomic mass is 16.3. The van der Waals surface area contributed by atoms with E-state index in [2.05, 4.69) is 16.1 Å². The van der Waals surface area contributed by atoms with Crippen molar-refractivity contribution in [1.82, 2.24) is 21.1 Å². The maximum atomic E-state index is 10.7. The molecule has 0 aromatic heterocycles. The van der Waals surface area contributed by atoms with Crippen molar-refractivity contribution in [2.45, 2.75) is 0 Å². The van der Waals surface area contributed by atoms with Gasteiger partial charge in [-0.2, -0.15) is 0 Å². The molecule has 0 aliphatic carbocycles. The third kappa shape index (κ3) is 4.80. The van der Waals surface area contributed by atoms with E-state index in [4.69, 9.17) is 5.11 Å². The molecule has 6 nitrogen and oxygen atoms in total. The fourth-order valence-corrected chi connectivity index (χ4v) is 0.903. The quantitative estimate of drug-likeness (QED) is 0.123. The van der Waals surface area contributed by atoms with Gasteiger partial charge < -0.3 is 20.7 Å². The number of rotatable bonds is 8. The second kappa shape index (κ2) is 8.49. The first kappa shape index (κ1) is 12.9. The number of aldehydes is 1. The largest absolute Gasteiger partial charge is 0.394 e. The molecule has 0 aromatic carbocycles. The summed E-state index contributed by atoms with van der Waals surface area (Å²) in [6.07, 6.45) is 2.30. The molecule has 0 fully saturated rings. The lowest BCUT2D eigenvalue weighted by atomic mass is 10.4. The standard InChI is InChI=1S/C8H18N4O2/c1-9-7-11-5-8(6-14)12(10-2)3-4-13/h5-6,9-11,13H,3-4,7H2,1-2H3/b8-5+. The number of aliphatic hydroxyl groups is 1. The van der Waals surface area contributed by atoms with Crippen LogP contribution in [0.2, 0.25) is 0 Å². The lowest BCUT2D eigenvalue weighted by Crippen LogP contribution is -2.38. The van der Waals surface area contributed by atoms with E-state index in [0.717, 1.165) is 6.29 Å². The Balaban J connectivity index is 4.18. The summed E-state index contributed by atoms with van der Waals surface area (Å²) in [6, 6.07) is 0. The molecule has 0 rings (SSSR count). The summed E-state index contributed by atoms with van der Waals surface area (Å²) in [6.45, 7) is 0.925. The Hall–Kier alpha value is -1.11. The topological polar surface area (TPSA) is 76.6 Å². The van der Waals surface area contributed by atoms with Crippen LogP contribution < -0.4 is 16.1 Å². The smallest absolute Gasteiger partial charge is 0.168 e. The molecule has 0 radical (unpaired) electrons. The number of aliphatic hydroxyl groups excluding tert-OH is 1. The van der Waals surface area contributed by atoms with Crippen LogP contribution in [0.4, 0.5) is 0 Å². The molecule has 6 heteroatoms. The van der Waals surface area contributed by atoms with Crippen LogP contribution >= 0.6 is 0 Å². The molecule has 82 valence electrons. The Kier molecular flexibility index (Phi) is 7.81. The number of nitrogens with one attached hydrogen (secondary N) is 3. The summed E-state index contributed by atoms with van der Waals surface area (Å²) < 4.78 is 0. The molecule has 0 aliphatic heterocycles. The van der Waals surface area contributed by atoms with Crippen LogP contribution in [0.5, 0.6) is 0 Å². The van der Waals surface area contributed by atoms with E-state index in [1.807, 2.05) is 0 Å². The van der Waals surface area contributed by atoms with Crippen molar-refractivity contribution in [2.24, 2.45) is 0 Å². The van der Waals surface area contributed by atoms with Gasteiger partial charge in [-0.15, -0.1) is 0 Å². The minimum Gasteiger partial charge on any atom is -0.394 e. The molecule has 4 N–H and O–H groups in total. The molecule has 0 saturated heterocycles. The number of allylic oxidation sites excluding steroid dienone is 1. The van der Waals surface area contributed by atoms with Crippen molar-refractivity contribution in [1.29, 1.82) is 0 Å². The summed E-state index contributed by atoms with van der Waals surface area (Å²) in [4.78, 5) is 10.7. The Morgan fingerprint density at radius 1 is 1.50 bits per heavy atom. The normalized spacial score (nSPS) is 11.2. The van der Waals surface area contributed by atoms with E-state index in [0.29, 0.717) is 18.9 Å². The first-order valence-corrected chi connectivity index (χ1v) is 4.39. The van der Waals surface area contributed by atoms with Crippen LogP contribution in [0.25, 0.3) is 0 Å². The summed E-state index contributed by atoms with van der Waals surface area (Å²) in [5, 5.41) is 16.0. The van der Waals surface area contributed by atoms with Crippen LogP contribution in [-0.2, 0) is 4.79 Å². The minimum atomic E-state index is -0.0158. The van der Waals surface area contributed by atoms with Gasteiger partial charge in [-0.05, 0) is 7.05 Å². The fourth-order valence-electron chi connectivity index (χ4n) is 0.903. The Morgan fingerprint density at radius 3 is 2.64 bits per heavy atom. The minimum absolute atomic E-state index is 0.0158. The van der Waals surface area contributed by atoms with Gasteiger partial charge in [0.15, 0.2) is 6.29 Å². The zero-order valence-corrected chi connectivity index (χ0v) is 8.58. The SMILES string of the molecule is CNCN/C=C(\C=O)N(CCO)NC. The average Bonchev–Trinajstić information content (AvgIpc) is 2.22. The molecule has 0 amide bonds. The third-order valence-corrected chi connectivity index (χ3v) is 1.55. The van der Waals surface area contributed by atoms with Crippen molar-refractivity contribution in [3.05, 3.63) is 11.9 Å². The van der Waals surface area contributed by atoms with Crippen molar-refractivity contribution >= 4 is 6.29 Å². The second-order valence-electron chi connectivity index (χ2n) is 2.52. The molecule has 0 aliphatic rings. The Bertz CT molecular complexity index is 184. The molecule has 0 bridgehead atoms. The maximum absolute atomic E-state index is 10.7. The predicted octanol–water partition coefficient (Wildman–Crippen LogP) is -1.78. The van der Waals surface area contributed by atoms with Gasteiger partial charge in [-0.3, -0.25) is 4.79 Å². The highest BCUT2D eigenvalue weighted by Gasteiger charge is 2.04. The molecule has 0 atom stereocenters. The van der Waals surface area contributed by atoms with Gasteiger partial charge in [0.1, 0.15) is 5.70 Å². The molecule has 0 heterocycles. The molecule has 0 aromatic rings. The van der Waals surface area contributed by atoms with Crippen LogP contribution in [0.3, 0.4) is 0 Å². The number of nitrogens with zero attached hydrogens (tertiary/aromatic N) is 1. The predicted molar refractivity (Wildman–Crippen MR) is 54.1 cm³/mol. The zero-order valence-electron chi connectivity index (χ0n) is 8.58. The number of hydrogen-bond acceptors (Lipinski definition) is 6.